The van der Waals surface area contributed by atoms with E-state index in [1.54, 1.807) is 18.2 Å². The predicted octanol–water partition coefficient (Wildman–Crippen LogP) is 3.42. The summed E-state index contributed by atoms with van der Waals surface area (Å²) >= 11 is 0. The first-order chi connectivity index (χ1) is 14.3. The Balaban J connectivity index is 1.56. The molecule has 1 aliphatic rings. The molecule has 2 aromatic rings. The van der Waals surface area contributed by atoms with Gasteiger partial charge < -0.3 is 10.2 Å². The molecule has 1 N–H and O–H groups in total. The average molecular weight is 430 g/mol. The summed E-state index contributed by atoms with van der Waals surface area (Å²) in [5, 5.41) is 2.90. The van der Waals surface area contributed by atoms with Crippen LogP contribution in [0.1, 0.15) is 38.3 Å². The van der Waals surface area contributed by atoms with E-state index in [0.717, 1.165) is 28.9 Å². The molecule has 1 fully saturated rings. The van der Waals surface area contributed by atoms with Gasteiger partial charge >= 0.3 is 0 Å². The van der Waals surface area contributed by atoms with Gasteiger partial charge in [0, 0.05) is 25.8 Å². The van der Waals surface area contributed by atoms with Crippen LogP contribution in [0, 0.1) is 5.92 Å². The van der Waals surface area contributed by atoms with Crippen LogP contribution in [0.3, 0.4) is 0 Å². The Morgan fingerprint density at radius 3 is 2.30 bits per heavy atom. The summed E-state index contributed by atoms with van der Waals surface area (Å²) in [5.74, 6) is 0.457. The minimum absolute atomic E-state index is 0.177. The van der Waals surface area contributed by atoms with Crippen LogP contribution >= 0.6 is 0 Å². The molecule has 1 heterocycles. The molecule has 0 spiro atoms. The summed E-state index contributed by atoms with van der Waals surface area (Å²) in [6.45, 7) is 6.13. The number of hydrogen-bond acceptors (Lipinski definition) is 4. The van der Waals surface area contributed by atoms with E-state index < -0.39 is 10.0 Å². The van der Waals surface area contributed by atoms with Crippen molar-refractivity contribution in [2.24, 2.45) is 5.92 Å². The fourth-order valence-electron chi connectivity index (χ4n) is 3.67. The fourth-order valence-corrected chi connectivity index (χ4v) is 4.82. The number of hydrogen-bond donors (Lipinski definition) is 1. The van der Waals surface area contributed by atoms with Crippen molar-refractivity contribution in [2.75, 3.05) is 31.6 Å². The van der Waals surface area contributed by atoms with Crippen molar-refractivity contribution in [1.29, 1.82) is 0 Å². The SMILES string of the molecule is CC1CCN(c2ccc([C@@H](C)NC(=O)CN(C)S(=O)(=O)c3ccccc3)cc2)CC1. The van der Waals surface area contributed by atoms with Crippen molar-refractivity contribution in [3.8, 4) is 0 Å². The minimum Gasteiger partial charge on any atom is -0.372 e. The predicted molar refractivity (Wildman–Crippen MR) is 120 cm³/mol. The number of likely N-dealkylation sites (N-methyl/N-ethyl adjacent to an activating group) is 1. The smallest absolute Gasteiger partial charge is 0.243 e. The molecule has 7 heteroatoms. The average Bonchev–Trinajstić information content (AvgIpc) is 2.75. The summed E-state index contributed by atoms with van der Waals surface area (Å²) in [7, 11) is -2.27. The lowest BCUT2D eigenvalue weighted by Gasteiger charge is -2.32. The Morgan fingerprint density at radius 1 is 1.10 bits per heavy atom. The van der Waals surface area contributed by atoms with Gasteiger partial charge in [-0.2, -0.15) is 4.31 Å². The van der Waals surface area contributed by atoms with E-state index in [0.29, 0.717) is 0 Å². The number of piperidine rings is 1. The minimum atomic E-state index is -3.69. The molecule has 0 radical (unpaired) electrons. The third-order valence-electron chi connectivity index (χ3n) is 5.74. The molecule has 1 aliphatic heterocycles. The molecule has 0 bridgehead atoms. The van der Waals surface area contributed by atoms with Crippen molar-refractivity contribution < 1.29 is 13.2 Å². The Hall–Kier alpha value is -2.38. The Labute approximate surface area is 179 Å². The van der Waals surface area contributed by atoms with Gasteiger partial charge in [-0.25, -0.2) is 8.42 Å². The molecule has 1 atom stereocenters. The second kappa shape index (κ2) is 9.62. The fraction of sp³-hybridized carbons (Fsp3) is 0.435. The van der Waals surface area contributed by atoms with Crippen LogP contribution in [-0.2, 0) is 14.8 Å². The van der Waals surface area contributed by atoms with Crippen molar-refractivity contribution in [1.82, 2.24) is 9.62 Å². The van der Waals surface area contributed by atoms with Crippen molar-refractivity contribution in [3.63, 3.8) is 0 Å². The van der Waals surface area contributed by atoms with E-state index in [1.807, 2.05) is 19.1 Å². The second-order valence-corrected chi connectivity index (χ2v) is 10.2. The molecule has 0 aliphatic carbocycles. The molecule has 162 valence electrons. The summed E-state index contributed by atoms with van der Waals surface area (Å²) in [5.41, 5.74) is 2.20. The third-order valence-corrected chi connectivity index (χ3v) is 7.55. The lowest BCUT2D eigenvalue weighted by Crippen LogP contribution is -2.39. The summed E-state index contributed by atoms with van der Waals surface area (Å²) in [6.07, 6.45) is 2.43. The van der Waals surface area contributed by atoms with Gasteiger partial charge in [0.1, 0.15) is 0 Å². The first kappa shape index (κ1) is 22.3. The number of benzene rings is 2. The molecule has 3 rings (SSSR count). The first-order valence-corrected chi connectivity index (χ1v) is 11.9. The lowest BCUT2D eigenvalue weighted by atomic mass is 9.98. The standard InChI is InChI=1S/C23H31N3O3S/c1-18-13-15-26(16-14-18)21-11-9-20(10-12-21)19(2)24-23(27)17-25(3)30(28,29)22-7-5-4-6-8-22/h4-12,18-19H,13-17H2,1-3H3,(H,24,27)/t19-/m1/s1. The highest BCUT2D eigenvalue weighted by Crippen LogP contribution is 2.24. The van der Waals surface area contributed by atoms with Crippen LogP contribution in [0.4, 0.5) is 5.69 Å². The molecule has 1 saturated heterocycles. The largest absolute Gasteiger partial charge is 0.372 e. The van der Waals surface area contributed by atoms with Gasteiger partial charge in [-0.15, -0.1) is 0 Å². The monoisotopic (exact) mass is 429 g/mol. The highest BCUT2D eigenvalue weighted by molar-refractivity contribution is 7.89. The number of nitrogens with one attached hydrogen (secondary N) is 1. The van der Waals surface area contributed by atoms with Gasteiger partial charge in [0.15, 0.2) is 0 Å². The van der Waals surface area contributed by atoms with E-state index >= 15 is 0 Å². The number of sulfonamides is 1. The first-order valence-electron chi connectivity index (χ1n) is 10.4. The number of carbonyl (C=O) groups excluding carboxylic acids is 1. The van der Waals surface area contributed by atoms with E-state index in [9.17, 15) is 13.2 Å². The maximum absolute atomic E-state index is 12.6. The molecule has 0 saturated carbocycles. The van der Waals surface area contributed by atoms with Gasteiger partial charge in [-0.3, -0.25) is 4.79 Å². The van der Waals surface area contributed by atoms with Crippen molar-refractivity contribution >= 4 is 21.6 Å². The maximum atomic E-state index is 12.6. The molecule has 2 aromatic carbocycles. The van der Waals surface area contributed by atoms with Crippen LogP contribution in [0.25, 0.3) is 0 Å². The molecular weight excluding hydrogens is 398 g/mol. The van der Waals surface area contributed by atoms with Gasteiger partial charge in [0.25, 0.3) is 0 Å². The summed E-state index contributed by atoms with van der Waals surface area (Å²) in [4.78, 5) is 15.0. The van der Waals surface area contributed by atoms with Crippen LogP contribution < -0.4 is 10.2 Å². The topological polar surface area (TPSA) is 69.7 Å². The quantitative estimate of drug-likeness (QED) is 0.732. The van der Waals surface area contributed by atoms with E-state index in [4.69, 9.17) is 0 Å². The molecule has 1 amide bonds. The number of rotatable bonds is 7. The maximum Gasteiger partial charge on any atom is 0.243 e. The number of anilines is 1. The highest BCUT2D eigenvalue weighted by atomic mass is 32.2. The van der Waals surface area contributed by atoms with Crippen LogP contribution in [0.2, 0.25) is 0 Å². The lowest BCUT2D eigenvalue weighted by molar-refractivity contribution is -0.121. The van der Waals surface area contributed by atoms with Crippen LogP contribution in [-0.4, -0.2) is 45.3 Å². The summed E-state index contributed by atoms with van der Waals surface area (Å²) in [6, 6.07) is 16.2. The third kappa shape index (κ3) is 5.40. The summed E-state index contributed by atoms with van der Waals surface area (Å²) < 4.78 is 26.2. The van der Waals surface area contributed by atoms with Gasteiger partial charge in [-0.05, 0) is 55.5 Å². The number of amides is 1. The van der Waals surface area contributed by atoms with E-state index in [2.05, 4.69) is 29.3 Å². The number of nitrogens with zero attached hydrogens (tertiary/aromatic N) is 2. The zero-order chi connectivity index (χ0) is 21.7. The zero-order valence-corrected chi connectivity index (χ0v) is 18.7. The van der Waals surface area contributed by atoms with Gasteiger partial charge in [0.2, 0.25) is 15.9 Å². The van der Waals surface area contributed by atoms with Crippen LogP contribution in [0.15, 0.2) is 59.5 Å². The highest BCUT2D eigenvalue weighted by Gasteiger charge is 2.23. The van der Waals surface area contributed by atoms with Crippen LogP contribution in [0.5, 0.6) is 0 Å². The number of carbonyl (C=O) groups is 1. The molecule has 30 heavy (non-hydrogen) atoms. The zero-order valence-electron chi connectivity index (χ0n) is 17.9. The van der Waals surface area contributed by atoms with Gasteiger partial charge in [0.05, 0.1) is 17.5 Å². The normalized spacial score (nSPS) is 16.5. The Morgan fingerprint density at radius 2 is 1.70 bits per heavy atom. The van der Waals surface area contributed by atoms with E-state index in [1.165, 1.54) is 37.7 Å². The van der Waals surface area contributed by atoms with Crippen molar-refractivity contribution in [2.45, 2.75) is 37.6 Å². The molecular formula is C23H31N3O3S. The Kier molecular flexibility index (Phi) is 7.15. The van der Waals surface area contributed by atoms with Gasteiger partial charge in [-0.1, -0.05) is 37.3 Å². The van der Waals surface area contributed by atoms with E-state index in [-0.39, 0.29) is 23.4 Å². The molecule has 0 unspecified atom stereocenters. The van der Waals surface area contributed by atoms with Crippen molar-refractivity contribution in [3.05, 3.63) is 60.2 Å². The second-order valence-electron chi connectivity index (χ2n) is 8.12. The molecule has 6 nitrogen and oxygen atoms in total. The molecule has 0 aromatic heterocycles. The Bertz CT molecular complexity index is 937.